The van der Waals surface area contributed by atoms with E-state index < -0.39 is 18.5 Å². The zero-order valence-electron chi connectivity index (χ0n) is 14.8. The van der Waals surface area contributed by atoms with E-state index >= 15 is 0 Å². The number of nitrogens with zero attached hydrogens (tertiary/aromatic N) is 2. The van der Waals surface area contributed by atoms with Gasteiger partial charge in [0.05, 0.1) is 13.7 Å². The Morgan fingerprint density at radius 2 is 1.96 bits per heavy atom. The quantitative estimate of drug-likeness (QED) is 0.404. The average Bonchev–Trinajstić information content (AvgIpc) is 3.12. The number of aliphatic imine (C=N–C) groups is 1. The van der Waals surface area contributed by atoms with Crippen LogP contribution in [0.15, 0.2) is 28.6 Å². The fourth-order valence-electron chi connectivity index (χ4n) is 2.11. The number of guanidine groups is 1. The third-order valence-electron chi connectivity index (χ3n) is 3.40. The number of alkyl halides is 5. The highest BCUT2D eigenvalue weighted by atomic mass is 32.1. The van der Waals surface area contributed by atoms with Crippen molar-refractivity contribution in [1.29, 1.82) is 0 Å². The number of halogens is 5. The first-order chi connectivity index (χ1) is 13.2. The number of methoxy groups -OCH3 is 1. The van der Waals surface area contributed by atoms with Gasteiger partial charge in [-0.3, -0.25) is 4.99 Å². The highest BCUT2D eigenvalue weighted by Gasteiger charge is 2.33. The molecule has 2 rings (SSSR count). The number of thiazole rings is 1. The molecule has 12 heteroatoms. The zero-order valence-corrected chi connectivity index (χ0v) is 15.6. The maximum atomic E-state index is 12.6. The first kappa shape index (κ1) is 21.7. The number of hydrogen-bond acceptors (Lipinski definition) is 5. The molecular weight excluding hydrogens is 407 g/mol. The normalized spacial score (nSPS) is 12.2. The monoisotopic (exact) mass is 424 g/mol. The van der Waals surface area contributed by atoms with Gasteiger partial charge in [-0.25, -0.2) is 4.98 Å². The third kappa shape index (κ3) is 6.22. The minimum Gasteiger partial charge on any atom is -0.497 e. The maximum Gasteiger partial charge on any atom is 0.434 e. The fraction of sp³-hybridized carbons (Fsp3) is 0.375. The first-order valence-corrected chi connectivity index (χ1v) is 8.68. The van der Waals surface area contributed by atoms with Crippen LogP contribution in [0.5, 0.6) is 11.5 Å². The van der Waals surface area contributed by atoms with Crippen LogP contribution in [0.4, 0.5) is 22.0 Å². The Morgan fingerprint density at radius 1 is 1.25 bits per heavy atom. The lowest BCUT2D eigenvalue weighted by atomic mass is 10.2. The molecule has 0 aliphatic rings. The van der Waals surface area contributed by atoms with E-state index in [9.17, 15) is 22.0 Å². The molecule has 0 spiro atoms. The molecule has 0 atom stereocenters. The van der Waals surface area contributed by atoms with Crippen LogP contribution in [0.3, 0.4) is 0 Å². The number of ether oxygens (including phenoxy) is 2. The molecule has 0 saturated carbocycles. The number of aromatic nitrogens is 1. The molecule has 0 saturated heterocycles. The Kier molecular flexibility index (Phi) is 7.38. The summed E-state index contributed by atoms with van der Waals surface area (Å²) >= 11 is 0.861. The van der Waals surface area contributed by atoms with Crippen LogP contribution in [-0.4, -0.2) is 31.7 Å². The number of hydrogen-bond donors (Lipinski definition) is 2. The lowest BCUT2D eigenvalue weighted by Gasteiger charge is -2.15. The van der Waals surface area contributed by atoms with Crippen LogP contribution >= 0.6 is 11.3 Å². The van der Waals surface area contributed by atoms with Crippen molar-refractivity contribution in [1.82, 2.24) is 15.6 Å². The standard InChI is InChI=1S/C16H17F5N4O2S/c1-22-15(24-7-13-25-12(8-28-13)16(19,20)21)23-6-9-5-10(26-2)3-4-11(9)27-14(17)18/h3-5,8,14H,6-7H2,1-2H3,(H2,22,23,24). The molecule has 1 aromatic carbocycles. The predicted octanol–water partition coefficient (Wildman–Crippen LogP) is 3.64. The van der Waals surface area contributed by atoms with Gasteiger partial charge >= 0.3 is 12.8 Å². The minimum atomic E-state index is -4.50. The van der Waals surface area contributed by atoms with Gasteiger partial charge in [0.15, 0.2) is 11.7 Å². The molecular formula is C16H17F5N4O2S. The first-order valence-electron chi connectivity index (χ1n) is 7.80. The predicted molar refractivity (Wildman–Crippen MR) is 93.8 cm³/mol. The van der Waals surface area contributed by atoms with E-state index in [2.05, 4.69) is 25.3 Å². The number of rotatable bonds is 7. The third-order valence-corrected chi connectivity index (χ3v) is 4.25. The lowest BCUT2D eigenvalue weighted by Crippen LogP contribution is -2.36. The molecule has 0 aliphatic heterocycles. The zero-order chi connectivity index (χ0) is 20.7. The summed E-state index contributed by atoms with van der Waals surface area (Å²) in [7, 11) is 2.89. The summed E-state index contributed by atoms with van der Waals surface area (Å²) in [6, 6.07) is 4.36. The Morgan fingerprint density at radius 3 is 2.54 bits per heavy atom. The highest BCUT2D eigenvalue weighted by molar-refractivity contribution is 7.09. The van der Waals surface area contributed by atoms with Gasteiger partial charge in [0.2, 0.25) is 0 Å². The van der Waals surface area contributed by atoms with E-state index in [4.69, 9.17) is 4.74 Å². The summed E-state index contributed by atoms with van der Waals surface area (Å²) in [6.07, 6.45) is -4.50. The minimum absolute atomic E-state index is 0.0128. The topological polar surface area (TPSA) is 67.8 Å². The Balaban J connectivity index is 1.99. The molecule has 0 radical (unpaired) electrons. The average molecular weight is 424 g/mol. The van der Waals surface area contributed by atoms with Crippen LogP contribution in [0.25, 0.3) is 0 Å². The van der Waals surface area contributed by atoms with Crippen molar-refractivity contribution < 1.29 is 31.4 Å². The largest absolute Gasteiger partial charge is 0.497 e. The van der Waals surface area contributed by atoms with E-state index in [1.807, 2.05) is 0 Å². The Bertz CT molecular complexity index is 811. The van der Waals surface area contributed by atoms with Gasteiger partial charge in [0.1, 0.15) is 16.5 Å². The summed E-state index contributed by atoms with van der Waals surface area (Å²) in [5, 5.41) is 6.83. The molecule has 2 N–H and O–H groups in total. The number of benzene rings is 1. The molecule has 2 aromatic rings. The van der Waals surface area contributed by atoms with Gasteiger partial charge in [-0.05, 0) is 18.2 Å². The van der Waals surface area contributed by atoms with Crippen molar-refractivity contribution in [3.8, 4) is 11.5 Å². The molecule has 28 heavy (non-hydrogen) atoms. The summed E-state index contributed by atoms with van der Waals surface area (Å²) < 4.78 is 72.4. The van der Waals surface area contributed by atoms with Gasteiger partial charge in [-0.1, -0.05) is 0 Å². The second kappa shape index (κ2) is 9.53. The molecule has 6 nitrogen and oxygen atoms in total. The van der Waals surface area contributed by atoms with Crippen molar-refractivity contribution in [3.63, 3.8) is 0 Å². The van der Waals surface area contributed by atoms with Crippen molar-refractivity contribution >= 4 is 17.3 Å². The maximum absolute atomic E-state index is 12.6. The van der Waals surface area contributed by atoms with Gasteiger partial charge in [-0.2, -0.15) is 22.0 Å². The SMILES string of the molecule is CN=C(NCc1nc(C(F)(F)F)cs1)NCc1cc(OC)ccc1OC(F)F. The van der Waals surface area contributed by atoms with Crippen LogP contribution < -0.4 is 20.1 Å². The van der Waals surface area contributed by atoms with Gasteiger partial charge < -0.3 is 20.1 Å². The van der Waals surface area contributed by atoms with Crippen molar-refractivity contribution in [2.24, 2.45) is 4.99 Å². The van der Waals surface area contributed by atoms with E-state index in [1.165, 1.54) is 32.4 Å². The van der Waals surface area contributed by atoms with Gasteiger partial charge in [-0.15, -0.1) is 11.3 Å². The van der Waals surface area contributed by atoms with E-state index in [0.29, 0.717) is 11.3 Å². The lowest BCUT2D eigenvalue weighted by molar-refractivity contribution is -0.140. The Labute approximate surface area is 161 Å². The molecule has 154 valence electrons. The Hall–Kier alpha value is -2.63. The fourth-order valence-corrected chi connectivity index (χ4v) is 2.85. The van der Waals surface area contributed by atoms with Crippen LogP contribution in [0.1, 0.15) is 16.3 Å². The molecule has 1 aromatic heterocycles. The number of nitrogens with one attached hydrogen (secondary N) is 2. The molecule has 0 unspecified atom stereocenters. The summed E-state index contributed by atoms with van der Waals surface area (Å²) in [5.41, 5.74) is -0.571. The van der Waals surface area contributed by atoms with Gasteiger partial charge in [0.25, 0.3) is 0 Å². The van der Waals surface area contributed by atoms with Crippen LogP contribution in [0, 0.1) is 0 Å². The van der Waals surface area contributed by atoms with Crippen LogP contribution in [-0.2, 0) is 19.3 Å². The molecule has 1 heterocycles. The van der Waals surface area contributed by atoms with E-state index in [-0.39, 0.29) is 29.8 Å². The second-order valence-electron chi connectivity index (χ2n) is 5.26. The molecule has 0 amide bonds. The smallest absolute Gasteiger partial charge is 0.434 e. The summed E-state index contributed by atoms with van der Waals surface area (Å²) in [4.78, 5) is 7.44. The molecule has 0 bridgehead atoms. The summed E-state index contributed by atoms with van der Waals surface area (Å²) in [5.74, 6) is 0.659. The molecule has 0 aliphatic carbocycles. The second-order valence-corrected chi connectivity index (χ2v) is 6.20. The van der Waals surface area contributed by atoms with Crippen molar-refractivity contribution in [2.75, 3.05) is 14.2 Å². The molecule has 0 fully saturated rings. The summed E-state index contributed by atoms with van der Waals surface area (Å²) in [6.45, 7) is -2.92. The highest BCUT2D eigenvalue weighted by Crippen LogP contribution is 2.30. The van der Waals surface area contributed by atoms with Crippen molar-refractivity contribution in [3.05, 3.63) is 39.8 Å². The van der Waals surface area contributed by atoms with Crippen molar-refractivity contribution in [2.45, 2.75) is 25.9 Å². The van der Waals surface area contributed by atoms with E-state index in [0.717, 1.165) is 16.7 Å². The van der Waals surface area contributed by atoms with Crippen LogP contribution in [0.2, 0.25) is 0 Å². The van der Waals surface area contributed by atoms with E-state index in [1.54, 1.807) is 0 Å². The van der Waals surface area contributed by atoms with Gasteiger partial charge in [0, 0.05) is 24.5 Å².